The van der Waals surface area contributed by atoms with Gasteiger partial charge in [0.05, 0.1) is 18.9 Å². The normalized spacial score (nSPS) is 17.8. The van der Waals surface area contributed by atoms with Gasteiger partial charge in [0, 0.05) is 24.6 Å². The Kier molecular flexibility index (Phi) is 6.30. The Bertz CT molecular complexity index is 1180. The summed E-state index contributed by atoms with van der Waals surface area (Å²) in [6.07, 6.45) is 1.37. The van der Waals surface area contributed by atoms with Gasteiger partial charge in [-0.2, -0.15) is 4.31 Å². The molecule has 1 atom stereocenters. The number of ether oxygens (including phenoxy) is 1. The fourth-order valence-electron chi connectivity index (χ4n) is 3.17. The van der Waals surface area contributed by atoms with Crippen molar-refractivity contribution in [2.45, 2.75) is 24.4 Å². The average Bonchev–Trinajstić information content (AvgIpc) is 3.05. The second kappa shape index (κ2) is 8.58. The molecule has 1 aliphatic heterocycles. The minimum absolute atomic E-state index is 0.0266. The quantitative estimate of drug-likeness (QED) is 0.692. The molecule has 2 aromatic rings. The zero-order chi connectivity index (χ0) is 21.9. The number of nitrogens with zero attached hydrogens (tertiary/aromatic N) is 1. The number of sulfonamides is 1. The summed E-state index contributed by atoms with van der Waals surface area (Å²) in [7, 11) is -6.34. The number of benzene rings is 2. The maximum Gasteiger partial charge on any atom is 0.247 e. The lowest BCUT2D eigenvalue weighted by Gasteiger charge is -2.27. The Morgan fingerprint density at radius 1 is 1.20 bits per heavy atom. The van der Waals surface area contributed by atoms with Crippen molar-refractivity contribution in [3.05, 3.63) is 65.6 Å². The van der Waals surface area contributed by atoms with E-state index in [9.17, 15) is 21.6 Å². The summed E-state index contributed by atoms with van der Waals surface area (Å²) in [5, 5.41) is 3.59. The Morgan fingerprint density at radius 2 is 1.90 bits per heavy atom. The van der Waals surface area contributed by atoms with Gasteiger partial charge in [-0.05, 0) is 23.8 Å². The largest absolute Gasteiger partial charge is 0.495 e. The van der Waals surface area contributed by atoms with Gasteiger partial charge < -0.3 is 10.1 Å². The number of carbonyl (C=O) groups excluding carboxylic acids is 1. The zero-order valence-electron chi connectivity index (χ0n) is 16.5. The summed E-state index contributed by atoms with van der Waals surface area (Å²) in [6, 6.07) is 12.3. The van der Waals surface area contributed by atoms with Gasteiger partial charge in [-0.3, -0.25) is 4.79 Å². The summed E-state index contributed by atoms with van der Waals surface area (Å²) in [5.41, 5.74) is 0.992. The molecule has 1 aliphatic rings. The number of hydrogen-bond acceptors (Lipinski definition) is 6. The third-order valence-corrected chi connectivity index (χ3v) is 7.80. The van der Waals surface area contributed by atoms with Crippen LogP contribution in [0.3, 0.4) is 0 Å². The van der Waals surface area contributed by atoms with Gasteiger partial charge in [0.2, 0.25) is 15.9 Å². The maximum atomic E-state index is 13.7. The molecular formula is C20H22N2O6S2. The molecule has 0 saturated carbocycles. The van der Waals surface area contributed by atoms with Crippen LogP contribution in [0, 0.1) is 0 Å². The standard InChI is InChI=1S/C20H22N2O6S2/c1-15(23)21-17-8-9-19(28-2)20(12-17)30(26,27)22(13-16-6-4-3-5-7-16)18-10-11-29(24,25)14-18/h3-12,18H,13-14H2,1-2H3,(H,21,23)/t18-/m0/s1. The maximum absolute atomic E-state index is 13.7. The van der Waals surface area contributed by atoms with Crippen molar-refractivity contribution in [1.82, 2.24) is 4.31 Å². The van der Waals surface area contributed by atoms with E-state index in [1.807, 2.05) is 6.07 Å². The molecule has 0 fully saturated rings. The predicted octanol–water partition coefficient (Wildman–Crippen LogP) is 2.16. The molecular weight excluding hydrogens is 428 g/mol. The van der Waals surface area contributed by atoms with Crippen LogP contribution in [0.5, 0.6) is 5.75 Å². The second-order valence-electron chi connectivity index (χ2n) is 6.81. The number of sulfone groups is 1. The van der Waals surface area contributed by atoms with Crippen LogP contribution in [0.1, 0.15) is 12.5 Å². The summed E-state index contributed by atoms with van der Waals surface area (Å²) in [6.45, 7) is 1.29. The summed E-state index contributed by atoms with van der Waals surface area (Å²) < 4.78 is 57.7. The van der Waals surface area contributed by atoms with E-state index >= 15 is 0 Å². The molecule has 8 nitrogen and oxygen atoms in total. The van der Waals surface area contributed by atoms with Crippen molar-refractivity contribution < 1.29 is 26.4 Å². The van der Waals surface area contributed by atoms with Crippen LogP contribution in [-0.2, 0) is 31.2 Å². The first-order valence-electron chi connectivity index (χ1n) is 9.05. The van der Waals surface area contributed by atoms with E-state index in [0.717, 1.165) is 9.71 Å². The van der Waals surface area contributed by atoms with E-state index in [0.29, 0.717) is 5.56 Å². The Morgan fingerprint density at radius 3 is 2.47 bits per heavy atom. The Balaban J connectivity index is 2.09. The highest BCUT2D eigenvalue weighted by Crippen LogP contribution is 2.33. The Labute approximate surface area is 176 Å². The Hall–Kier alpha value is -2.69. The van der Waals surface area contributed by atoms with Crippen molar-refractivity contribution in [1.29, 1.82) is 0 Å². The van der Waals surface area contributed by atoms with Crippen LogP contribution in [0.15, 0.2) is 64.9 Å². The van der Waals surface area contributed by atoms with E-state index in [1.165, 1.54) is 38.3 Å². The smallest absolute Gasteiger partial charge is 0.247 e. The lowest BCUT2D eigenvalue weighted by atomic mass is 10.2. The minimum atomic E-state index is -4.19. The van der Waals surface area contributed by atoms with Crippen LogP contribution in [0.2, 0.25) is 0 Å². The zero-order valence-corrected chi connectivity index (χ0v) is 18.1. The summed E-state index contributed by atoms with van der Waals surface area (Å²) in [4.78, 5) is 11.2. The number of methoxy groups -OCH3 is 1. The van der Waals surface area contributed by atoms with Crippen LogP contribution in [0.25, 0.3) is 0 Å². The van der Waals surface area contributed by atoms with E-state index in [4.69, 9.17) is 4.74 Å². The van der Waals surface area contributed by atoms with Crippen LogP contribution < -0.4 is 10.1 Å². The number of nitrogens with one attached hydrogen (secondary N) is 1. The molecule has 10 heteroatoms. The molecule has 1 N–H and O–H groups in total. The van der Waals surface area contributed by atoms with E-state index in [-0.39, 0.29) is 34.5 Å². The van der Waals surface area contributed by atoms with Crippen LogP contribution >= 0.6 is 0 Å². The van der Waals surface area contributed by atoms with Gasteiger partial charge in [0.1, 0.15) is 10.6 Å². The highest BCUT2D eigenvalue weighted by atomic mass is 32.2. The lowest BCUT2D eigenvalue weighted by Crippen LogP contribution is -2.40. The van der Waals surface area contributed by atoms with Gasteiger partial charge in [0.15, 0.2) is 9.84 Å². The van der Waals surface area contributed by atoms with Crippen molar-refractivity contribution in [3.8, 4) is 5.75 Å². The third kappa shape index (κ3) is 4.89. The average molecular weight is 451 g/mol. The molecule has 0 aromatic heterocycles. The second-order valence-corrected chi connectivity index (χ2v) is 10.6. The molecule has 1 amide bonds. The summed E-state index contributed by atoms with van der Waals surface area (Å²) >= 11 is 0. The van der Waals surface area contributed by atoms with E-state index in [2.05, 4.69) is 5.32 Å². The number of hydrogen-bond donors (Lipinski definition) is 1. The van der Waals surface area contributed by atoms with Crippen molar-refractivity contribution in [2.75, 3.05) is 18.2 Å². The molecule has 0 bridgehead atoms. The molecule has 1 heterocycles. The van der Waals surface area contributed by atoms with Crippen LogP contribution in [0.4, 0.5) is 5.69 Å². The van der Waals surface area contributed by atoms with Crippen LogP contribution in [-0.4, -0.2) is 46.0 Å². The first-order chi connectivity index (χ1) is 14.1. The van der Waals surface area contributed by atoms with Gasteiger partial charge in [-0.25, -0.2) is 16.8 Å². The fourth-order valence-corrected chi connectivity index (χ4v) is 6.32. The first kappa shape index (κ1) is 22.0. The van der Waals surface area contributed by atoms with Gasteiger partial charge in [-0.1, -0.05) is 36.4 Å². The molecule has 0 spiro atoms. The lowest BCUT2D eigenvalue weighted by molar-refractivity contribution is -0.114. The number of rotatable bonds is 7. The summed E-state index contributed by atoms with van der Waals surface area (Å²) in [5.74, 6) is -0.603. The predicted molar refractivity (Wildman–Crippen MR) is 113 cm³/mol. The number of carbonyl (C=O) groups is 1. The van der Waals surface area contributed by atoms with Crippen molar-refractivity contribution >= 4 is 31.5 Å². The number of anilines is 1. The van der Waals surface area contributed by atoms with E-state index < -0.39 is 25.9 Å². The van der Waals surface area contributed by atoms with Gasteiger partial charge in [-0.15, -0.1) is 0 Å². The van der Waals surface area contributed by atoms with Gasteiger partial charge >= 0.3 is 0 Å². The minimum Gasteiger partial charge on any atom is -0.495 e. The molecule has 0 saturated heterocycles. The molecule has 30 heavy (non-hydrogen) atoms. The molecule has 0 radical (unpaired) electrons. The fraction of sp³-hybridized carbons (Fsp3) is 0.250. The van der Waals surface area contributed by atoms with Crippen molar-refractivity contribution in [3.63, 3.8) is 0 Å². The third-order valence-electron chi connectivity index (χ3n) is 4.53. The van der Waals surface area contributed by atoms with Crippen molar-refractivity contribution in [2.24, 2.45) is 0 Å². The molecule has 0 aliphatic carbocycles. The van der Waals surface area contributed by atoms with Gasteiger partial charge in [0.25, 0.3) is 0 Å². The SMILES string of the molecule is COc1ccc(NC(C)=O)cc1S(=O)(=O)N(Cc1ccccc1)[C@H]1C=CS(=O)(=O)C1. The first-order valence-corrected chi connectivity index (χ1v) is 12.2. The molecule has 3 rings (SSSR count). The number of amides is 1. The molecule has 0 unspecified atom stereocenters. The monoisotopic (exact) mass is 450 g/mol. The van der Waals surface area contributed by atoms with E-state index in [1.54, 1.807) is 24.3 Å². The molecule has 160 valence electrons. The topological polar surface area (TPSA) is 110 Å². The molecule has 2 aromatic carbocycles. The highest BCUT2D eigenvalue weighted by Gasteiger charge is 2.37. The highest BCUT2D eigenvalue weighted by molar-refractivity contribution is 7.94.